The predicted molar refractivity (Wildman–Crippen MR) is 63.2 cm³/mol. The van der Waals surface area contributed by atoms with E-state index in [0.29, 0.717) is 13.2 Å². The van der Waals surface area contributed by atoms with Crippen molar-refractivity contribution in [2.45, 2.75) is 32.4 Å². The molecule has 2 aliphatic rings. The molecular formula is C12H20N2O3. The minimum Gasteiger partial charge on any atom is -0.462 e. The first kappa shape index (κ1) is 12.4. The van der Waals surface area contributed by atoms with E-state index < -0.39 is 0 Å². The Hall–Kier alpha value is -1.07. The van der Waals surface area contributed by atoms with Crippen molar-refractivity contribution in [1.29, 1.82) is 0 Å². The van der Waals surface area contributed by atoms with E-state index in [1.807, 2.05) is 13.8 Å². The summed E-state index contributed by atoms with van der Waals surface area (Å²) in [6.45, 7) is 6.34. The number of rotatable bonds is 5. The van der Waals surface area contributed by atoms with Crippen LogP contribution < -0.4 is 5.32 Å². The Morgan fingerprint density at radius 3 is 3.18 bits per heavy atom. The Balaban J connectivity index is 1.70. The zero-order valence-corrected chi connectivity index (χ0v) is 10.4. The Morgan fingerprint density at radius 2 is 2.41 bits per heavy atom. The van der Waals surface area contributed by atoms with Gasteiger partial charge in [-0.05, 0) is 20.3 Å². The molecule has 0 aromatic carbocycles. The van der Waals surface area contributed by atoms with Gasteiger partial charge in [-0.15, -0.1) is 0 Å². The van der Waals surface area contributed by atoms with Gasteiger partial charge in [0.05, 0.1) is 19.4 Å². The first-order valence-electron chi connectivity index (χ1n) is 6.13. The standard InChI is InChI=1S/C12H20N2O3/c1-9(2)16-5-6-17-12(15)11-4-3-10-7-13-8-14(10)11/h3,9,11,13H,4-8H2,1-2H3. The van der Waals surface area contributed by atoms with E-state index in [0.717, 1.165) is 19.6 Å². The zero-order valence-electron chi connectivity index (χ0n) is 10.4. The van der Waals surface area contributed by atoms with E-state index >= 15 is 0 Å². The van der Waals surface area contributed by atoms with E-state index in [1.54, 1.807) is 0 Å². The van der Waals surface area contributed by atoms with Gasteiger partial charge in [-0.2, -0.15) is 0 Å². The summed E-state index contributed by atoms with van der Waals surface area (Å²) in [5, 5.41) is 3.22. The molecule has 0 aromatic rings. The summed E-state index contributed by atoms with van der Waals surface area (Å²) in [6, 6.07) is -0.140. The summed E-state index contributed by atoms with van der Waals surface area (Å²) in [4.78, 5) is 13.9. The van der Waals surface area contributed by atoms with Crippen LogP contribution in [0.4, 0.5) is 0 Å². The molecule has 2 heterocycles. The van der Waals surface area contributed by atoms with Gasteiger partial charge in [0, 0.05) is 12.2 Å². The second-order valence-electron chi connectivity index (χ2n) is 4.59. The first-order valence-corrected chi connectivity index (χ1v) is 6.13. The van der Waals surface area contributed by atoms with Crippen LogP contribution in [-0.2, 0) is 14.3 Å². The van der Waals surface area contributed by atoms with Crippen molar-refractivity contribution in [2.75, 3.05) is 26.4 Å². The molecule has 5 nitrogen and oxygen atoms in total. The molecule has 0 aliphatic carbocycles. The molecule has 1 unspecified atom stereocenters. The number of esters is 1. The van der Waals surface area contributed by atoms with E-state index in [4.69, 9.17) is 9.47 Å². The summed E-state index contributed by atoms with van der Waals surface area (Å²) in [5.41, 5.74) is 1.21. The molecule has 0 spiro atoms. The third-order valence-corrected chi connectivity index (χ3v) is 2.96. The maximum atomic E-state index is 11.9. The topological polar surface area (TPSA) is 50.8 Å². The fourth-order valence-corrected chi connectivity index (χ4v) is 2.13. The fraction of sp³-hybridized carbons (Fsp3) is 0.750. The van der Waals surface area contributed by atoms with Gasteiger partial charge in [-0.1, -0.05) is 6.08 Å². The van der Waals surface area contributed by atoms with Crippen molar-refractivity contribution < 1.29 is 14.3 Å². The van der Waals surface area contributed by atoms with E-state index in [9.17, 15) is 4.79 Å². The first-order chi connectivity index (χ1) is 8.18. The Kier molecular flexibility index (Phi) is 4.02. The molecule has 0 saturated carbocycles. The third-order valence-electron chi connectivity index (χ3n) is 2.96. The molecule has 1 fully saturated rings. The summed E-state index contributed by atoms with van der Waals surface area (Å²) in [5.74, 6) is -0.146. The van der Waals surface area contributed by atoms with Crippen molar-refractivity contribution in [3.8, 4) is 0 Å². The maximum absolute atomic E-state index is 11.9. The summed E-state index contributed by atoms with van der Waals surface area (Å²) < 4.78 is 10.5. The molecular weight excluding hydrogens is 220 g/mol. The zero-order chi connectivity index (χ0) is 12.3. The van der Waals surface area contributed by atoms with Crippen LogP contribution in [0, 0.1) is 0 Å². The molecule has 0 aromatic heterocycles. The lowest BCUT2D eigenvalue weighted by Crippen LogP contribution is -2.37. The lowest BCUT2D eigenvalue weighted by molar-refractivity contribution is -0.150. The molecule has 0 amide bonds. The van der Waals surface area contributed by atoms with Gasteiger partial charge in [0.15, 0.2) is 0 Å². The summed E-state index contributed by atoms with van der Waals surface area (Å²) >= 11 is 0. The summed E-state index contributed by atoms with van der Waals surface area (Å²) in [7, 11) is 0. The van der Waals surface area contributed by atoms with E-state index in [-0.39, 0.29) is 18.1 Å². The average molecular weight is 240 g/mol. The highest BCUT2D eigenvalue weighted by atomic mass is 16.6. The summed E-state index contributed by atoms with van der Waals surface area (Å²) in [6.07, 6.45) is 3.05. The van der Waals surface area contributed by atoms with Gasteiger partial charge >= 0.3 is 5.97 Å². The van der Waals surface area contributed by atoms with Crippen molar-refractivity contribution in [1.82, 2.24) is 10.2 Å². The highest BCUT2D eigenvalue weighted by molar-refractivity contribution is 5.77. The van der Waals surface area contributed by atoms with Crippen LogP contribution in [0.25, 0.3) is 0 Å². The fourth-order valence-electron chi connectivity index (χ4n) is 2.13. The van der Waals surface area contributed by atoms with Gasteiger partial charge in [-0.3, -0.25) is 5.32 Å². The molecule has 96 valence electrons. The Morgan fingerprint density at radius 1 is 1.59 bits per heavy atom. The van der Waals surface area contributed by atoms with E-state index in [2.05, 4.69) is 16.3 Å². The van der Waals surface area contributed by atoms with Crippen LogP contribution in [0.2, 0.25) is 0 Å². The number of hydrogen-bond donors (Lipinski definition) is 1. The number of carbonyl (C=O) groups excluding carboxylic acids is 1. The van der Waals surface area contributed by atoms with Gasteiger partial charge in [-0.25, -0.2) is 4.79 Å². The van der Waals surface area contributed by atoms with E-state index in [1.165, 1.54) is 5.70 Å². The SMILES string of the molecule is CC(C)OCCOC(=O)C1CC=C2CNCN21. The molecule has 2 aliphatic heterocycles. The number of nitrogens with one attached hydrogen (secondary N) is 1. The molecule has 1 atom stereocenters. The normalized spacial score (nSPS) is 22.9. The third kappa shape index (κ3) is 2.98. The van der Waals surface area contributed by atoms with Crippen LogP contribution in [0.3, 0.4) is 0 Å². The van der Waals surface area contributed by atoms with Gasteiger partial charge in [0.25, 0.3) is 0 Å². The molecule has 0 radical (unpaired) electrons. The minimum atomic E-state index is -0.146. The van der Waals surface area contributed by atoms with Crippen LogP contribution in [0.1, 0.15) is 20.3 Å². The monoisotopic (exact) mass is 240 g/mol. The molecule has 2 rings (SSSR count). The largest absolute Gasteiger partial charge is 0.462 e. The van der Waals surface area contributed by atoms with Crippen molar-refractivity contribution in [2.24, 2.45) is 0 Å². The minimum absolute atomic E-state index is 0.140. The van der Waals surface area contributed by atoms with Crippen LogP contribution in [0.15, 0.2) is 11.8 Å². The number of nitrogens with zero attached hydrogens (tertiary/aromatic N) is 1. The average Bonchev–Trinajstić information content (AvgIpc) is 2.85. The number of fused-ring (bicyclic) bond motifs is 1. The molecule has 1 N–H and O–H groups in total. The quantitative estimate of drug-likeness (QED) is 0.559. The smallest absolute Gasteiger partial charge is 0.329 e. The Bertz CT molecular complexity index is 315. The molecule has 0 bridgehead atoms. The highest BCUT2D eigenvalue weighted by Crippen LogP contribution is 2.24. The molecule has 5 heteroatoms. The maximum Gasteiger partial charge on any atom is 0.329 e. The van der Waals surface area contributed by atoms with Crippen molar-refractivity contribution in [3.05, 3.63) is 11.8 Å². The van der Waals surface area contributed by atoms with Crippen molar-refractivity contribution in [3.63, 3.8) is 0 Å². The van der Waals surface area contributed by atoms with Crippen molar-refractivity contribution >= 4 is 5.97 Å². The number of hydrogen-bond acceptors (Lipinski definition) is 5. The number of ether oxygens (including phenoxy) is 2. The molecule has 17 heavy (non-hydrogen) atoms. The van der Waals surface area contributed by atoms with Crippen LogP contribution in [0.5, 0.6) is 0 Å². The Labute approximate surface area is 102 Å². The molecule has 1 saturated heterocycles. The predicted octanol–water partition coefficient (Wildman–Crippen LogP) is 0.473. The van der Waals surface area contributed by atoms with Gasteiger partial charge < -0.3 is 14.4 Å². The van der Waals surface area contributed by atoms with Gasteiger partial charge in [0.1, 0.15) is 12.6 Å². The highest BCUT2D eigenvalue weighted by Gasteiger charge is 2.35. The second-order valence-corrected chi connectivity index (χ2v) is 4.59. The lowest BCUT2D eigenvalue weighted by atomic mass is 10.2. The second kappa shape index (κ2) is 5.51. The number of carbonyl (C=O) groups is 1. The van der Waals surface area contributed by atoms with Gasteiger partial charge in [0.2, 0.25) is 0 Å². The van der Waals surface area contributed by atoms with Crippen LogP contribution in [-0.4, -0.2) is 49.4 Å². The lowest BCUT2D eigenvalue weighted by Gasteiger charge is -2.22. The van der Waals surface area contributed by atoms with Crippen LogP contribution >= 0.6 is 0 Å².